The SMILES string of the molecule is CCOc1ccccc1OC(=O)OC(C)(C)C. The van der Waals surface area contributed by atoms with Gasteiger partial charge in [0.1, 0.15) is 5.60 Å². The maximum absolute atomic E-state index is 11.5. The minimum Gasteiger partial charge on any atom is -0.490 e. The first kappa shape index (κ1) is 13.4. The van der Waals surface area contributed by atoms with E-state index in [2.05, 4.69) is 0 Å². The summed E-state index contributed by atoms with van der Waals surface area (Å²) in [4.78, 5) is 11.5. The second-order valence-corrected chi connectivity index (χ2v) is 4.45. The Bertz CT molecular complexity index is 379. The lowest BCUT2D eigenvalue weighted by atomic mass is 10.2. The van der Waals surface area contributed by atoms with E-state index in [1.807, 2.05) is 13.0 Å². The molecule has 0 N–H and O–H groups in total. The van der Waals surface area contributed by atoms with E-state index in [1.54, 1.807) is 39.0 Å². The van der Waals surface area contributed by atoms with Crippen molar-refractivity contribution in [1.29, 1.82) is 0 Å². The van der Waals surface area contributed by atoms with E-state index < -0.39 is 11.8 Å². The molecule has 0 unspecified atom stereocenters. The van der Waals surface area contributed by atoms with Crippen LogP contribution in [0.2, 0.25) is 0 Å². The van der Waals surface area contributed by atoms with Crippen molar-refractivity contribution in [1.82, 2.24) is 0 Å². The lowest BCUT2D eigenvalue weighted by molar-refractivity contribution is 0.0200. The molecule has 94 valence electrons. The van der Waals surface area contributed by atoms with Crippen molar-refractivity contribution < 1.29 is 19.0 Å². The molecule has 0 spiro atoms. The molecule has 4 nitrogen and oxygen atoms in total. The van der Waals surface area contributed by atoms with Gasteiger partial charge in [0.2, 0.25) is 0 Å². The predicted octanol–water partition coefficient (Wildman–Crippen LogP) is 3.40. The third kappa shape index (κ3) is 4.76. The zero-order valence-electron chi connectivity index (χ0n) is 10.6. The molecule has 0 bridgehead atoms. The van der Waals surface area contributed by atoms with Crippen molar-refractivity contribution in [2.45, 2.75) is 33.3 Å². The monoisotopic (exact) mass is 238 g/mol. The van der Waals surface area contributed by atoms with Crippen LogP contribution in [0.15, 0.2) is 24.3 Å². The third-order valence-corrected chi connectivity index (χ3v) is 1.73. The molecule has 0 aliphatic heterocycles. The number of rotatable bonds is 3. The first-order valence-electron chi connectivity index (χ1n) is 5.55. The zero-order chi connectivity index (χ0) is 12.9. The Balaban J connectivity index is 2.71. The molecule has 0 aliphatic carbocycles. The second kappa shape index (κ2) is 5.57. The van der Waals surface area contributed by atoms with Crippen LogP contribution in [-0.2, 0) is 4.74 Å². The average Bonchev–Trinajstić information content (AvgIpc) is 2.18. The van der Waals surface area contributed by atoms with Gasteiger partial charge in [-0.15, -0.1) is 0 Å². The van der Waals surface area contributed by atoms with Crippen LogP contribution in [0.1, 0.15) is 27.7 Å². The average molecular weight is 238 g/mol. The molecular weight excluding hydrogens is 220 g/mol. The Morgan fingerprint density at radius 1 is 1.18 bits per heavy atom. The summed E-state index contributed by atoms with van der Waals surface area (Å²) in [5.74, 6) is 0.893. The Morgan fingerprint density at radius 3 is 2.29 bits per heavy atom. The summed E-state index contributed by atoms with van der Waals surface area (Å²) in [6.45, 7) is 7.72. The molecule has 1 aromatic carbocycles. The van der Waals surface area contributed by atoms with Gasteiger partial charge in [-0.05, 0) is 39.8 Å². The molecule has 0 saturated heterocycles. The molecule has 0 aliphatic rings. The predicted molar refractivity (Wildman–Crippen MR) is 64.5 cm³/mol. The van der Waals surface area contributed by atoms with Gasteiger partial charge in [-0.1, -0.05) is 12.1 Å². The van der Waals surface area contributed by atoms with Gasteiger partial charge in [-0.3, -0.25) is 0 Å². The van der Waals surface area contributed by atoms with Crippen LogP contribution < -0.4 is 9.47 Å². The van der Waals surface area contributed by atoms with E-state index in [4.69, 9.17) is 14.2 Å². The van der Waals surface area contributed by atoms with Crippen molar-refractivity contribution in [3.63, 3.8) is 0 Å². The van der Waals surface area contributed by atoms with E-state index in [0.717, 1.165) is 0 Å². The van der Waals surface area contributed by atoms with Crippen LogP contribution in [0.25, 0.3) is 0 Å². The van der Waals surface area contributed by atoms with Gasteiger partial charge in [0.25, 0.3) is 0 Å². The molecule has 0 radical (unpaired) electrons. The van der Waals surface area contributed by atoms with Crippen LogP contribution in [0.4, 0.5) is 4.79 Å². The molecule has 0 amide bonds. The normalized spacial score (nSPS) is 10.8. The van der Waals surface area contributed by atoms with Gasteiger partial charge >= 0.3 is 6.16 Å². The largest absolute Gasteiger partial charge is 0.514 e. The van der Waals surface area contributed by atoms with Gasteiger partial charge in [-0.2, -0.15) is 0 Å². The molecule has 0 heterocycles. The smallest absolute Gasteiger partial charge is 0.490 e. The summed E-state index contributed by atoms with van der Waals surface area (Å²) in [5, 5.41) is 0. The molecule has 17 heavy (non-hydrogen) atoms. The standard InChI is InChI=1S/C13H18O4/c1-5-15-10-8-6-7-9-11(10)16-12(14)17-13(2,3)4/h6-9H,5H2,1-4H3. The maximum atomic E-state index is 11.5. The first-order valence-corrected chi connectivity index (χ1v) is 5.55. The first-order chi connectivity index (χ1) is 7.92. The van der Waals surface area contributed by atoms with Crippen LogP contribution in [0, 0.1) is 0 Å². The number of hydrogen-bond acceptors (Lipinski definition) is 4. The highest BCUT2D eigenvalue weighted by Crippen LogP contribution is 2.27. The molecular formula is C13H18O4. The number of carbonyl (C=O) groups excluding carboxylic acids is 1. The molecule has 1 rings (SSSR count). The van der Waals surface area contributed by atoms with Crippen molar-refractivity contribution in [2.24, 2.45) is 0 Å². The van der Waals surface area contributed by atoms with Crippen LogP contribution in [0.5, 0.6) is 11.5 Å². The van der Waals surface area contributed by atoms with Crippen molar-refractivity contribution in [3.8, 4) is 11.5 Å². The van der Waals surface area contributed by atoms with E-state index in [0.29, 0.717) is 18.1 Å². The molecule has 0 saturated carbocycles. The number of carbonyl (C=O) groups is 1. The highest BCUT2D eigenvalue weighted by Gasteiger charge is 2.19. The number of benzene rings is 1. The quantitative estimate of drug-likeness (QED) is 0.598. The fourth-order valence-electron chi connectivity index (χ4n) is 1.17. The van der Waals surface area contributed by atoms with Crippen molar-refractivity contribution >= 4 is 6.16 Å². The highest BCUT2D eigenvalue weighted by molar-refractivity contribution is 5.65. The van der Waals surface area contributed by atoms with Crippen LogP contribution in [-0.4, -0.2) is 18.4 Å². The lowest BCUT2D eigenvalue weighted by Crippen LogP contribution is -2.26. The van der Waals surface area contributed by atoms with E-state index in [-0.39, 0.29) is 0 Å². The minimum atomic E-state index is -0.732. The van der Waals surface area contributed by atoms with Crippen molar-refractivity contribution in [2.75, 3.05) is 6.61 Å². The summed E-state index contributed by atoms with van der Waals surface area (Å²) >= 11 is 0. The van der Waals surface area contributed by atoms with Gasteiger partial charge in [0, 0.05) is 0 Å². The van der Waals surface area contributed by atoms with Gasteiger partial charge in [0.15, 0.2) is 11.5 Å². The summed E-state index contributed by atoms with van der Waals surface area (Å²) in [5.41, 5.74) is -0.572. The molecule has 0 fully saturated rings. The number of ether oxygens (including phenoxy) is 3. The van der Waals surface area contributed by atoms with Gasteiger partial charge in [-0.25, -0.2) is 4.79 Å². The van der Waals surface area contributed by atoms with Crippen molar-refractivity contribution in [3.05, 3.63) is 24.3 Å². The summed E-state index contributed by atoms with van der Waals surface area (Å²) in [7, 11) is 0. The molecule has 4 heteroatoms. The van der Waals surface area contributed by atoms with Gasteiger partial charge in [0.05, 0.1) is 6.61 Å². The van der Waals surface area contributed by atoms with Crippen LogP contribution in [0.3, 0.4) is 0 Å². The lowest BCUT2D eigenvalue weighted by Gasteiger charge is -2.19. The van der Waals surface area contributed by atoms with E-state index >= 15 is 0 Å². The van der Waals surface area contributed by atoms with Crippen LogP contribution >= 0.6 is 0 Å². The summed E-state index contributed by atoms with van der Waals surface area (Å²) in [6.07, 6.45) is -0.732. The Hall–Kier alpha value is -1.71. The molecule has 0 atom stereocenters. The highest BCUT2D eigenvalue weighted by atomic mass is 16.7. The fourth-order valence-corrected chi connectivity index (χ4v) is 1.17. The van der Waals surface area contributed by atoms with Gasteiger partial charge < -0.3 is 14.2 Å². The topological polar surface area (TPSA) is 44.8 Å². The van der Waals surface area contributed by atoms with E-state index in [9.17, 15) is 4.79 Å². The van der Waals surface area contributed by atoms with E-state index in [1.165, 1.54) is 0 Å². The Kier molecular flexibility index (Phi) is 4.37. The fraction of sp³-hybridized carbons (Fsp3) is 0.462. The maximum Gasteiger partial charge on any atom is 0.514 e. The Morgan fingerprint density at radius 2 is 1.76 bits per heavy atom. The minimum absolute atomic E-state index is 0.364. The number of hydrogen-bond donors (Lipinski definition) is 0. The molecule has 0 aromatic heterocycles. The molecule has 1 aromatic rings. The summed E-state index contributed by atoms with van der Waals surface area (Å²) in [6, 6.07) is 6.98. The summed E-state index contributed by atoms with van der Waals surface area (Å²) < 4.78 is 15.5. The second-order valence-electron chi connectivity index (χ2n) is 4.45. The number of para-hydroxylation sites is 2. The zero-order valence-corrected chi connectivity index (χ0v) is 10.6. The third-order valence-electron chi connectivity index (χ3n) is 1.73. The Labute approximate surface area is 101 Å².